The van der Waals surface area contributed by atoms with Gasteiger partial charge in [0.2, 0.25) is 5.91 Å². The zero-order chi connectivity index (χ0) is 31.4. The number of amidine groups is 1. The van der Waals surface area contributed by atoms with Gasteiger partial charge in [-0.05, 0) is 60.4 Å². The molecule has 0 atom stereocenters. The quantitative estimate of drug-likeness (QED) is 0.164. The number of aromatic nitrogens is 3. The Labute approximate surface area is 256 Å². The van der Waals surface area contributed by atoms with Crippen LogP contribution in [0.1, 0.15) is 36.5 Å². The highest BCUT2D eigenvalue weighted by Crippen LogP contribution is 2.34. The fourth-order valence-electron chi connectivity index (χ4n) is 4.42. The van der Waals surface area contributed by atoms with Crippen molar-refractivity contribution < 1.29 is 22.7 Å². The van der Waals surface area contributed by atoms with Crippen LogP contribution in [0.25, 0.3) is 17.1 Å². The number of thioether (sulfide) groups is 1. The molecule has 2 heterocycles. The highest BCUT2D eigenvalue weighted by molar-refractivity contribution is 8.15. The van der Waals surface area contributed by atoms with Gasteiger partial charge in [0.05, 0.1) is 23.3 Å². The molecule has 13 heteroatoms. The van der Waals surface area contributed by atoms with Gasteiger partial charge in [-0.2, -0.15) is 5.10 Å². The molecular formula is C31H28F3N7O2S. The molecule has 1 N–H and O–H groups in total. The Kier molecular flexibility index (Phi) is 8.86. The first-order valence-corrected chi connectivity index (χ1v) is 14.5. The van der Waals surface area contributed by atoms with Crippen LogP contribution in [0.3, 0.4) is 0 Å². The normalized spacial score (nSPS) is 14.7. The number of nitrogens with one attached hydrogen (secondary N) is 1. The summed E-state index contributed by atoms with van der Waals surface area (Å²) in [6, 6.07) is 18.7. The first-order chi connectivity index (χ1) is 21.0. The van der Waals surface area contributed by atoms with Gasteiger partial charge in [-0.3, -0.25) is 15.1 Å². The molecule has 0 radical (unpaired) electrons. The lowest BCUT2D eigenvalue weighted by Gasteiger charge is -2.22. The zero-order valence-electron chi connectivity index (χ0n) is 24.0. The van der Waals surface area contributed by atoms with Crippen LogP contribution in [0.5, 0.6) is 5.75 Å². The van der Waals surface area contributed by atoms with Crippen molar-refractivity contribution in [2.45, 2.75) is 33.1 Å². The number of aliphatic imine (C=N–C) groups is 1. The molecule has 1 aromatic heterocycles. The third-order valence-electron chi connectivity index (χ3n) is 6.42. The Hall–Kier alpha value is -4.91. The topological polar surface area (TPSA) is 97.0 Å². The molecule has 0 spiro atoms. The summed E-state index contributed by atoms with van der Waals surface area (Å²) in [5, 5.41) is 9.21. The first kappa shape index (κ1) is 30.5. The second-order valence-electron chi connectivity index (χ2n) is 10.1. The Morgan fingerprint density at radius 1 is 1.14 bits per heavy atom. The van der Waals surface area contributed by atoms with Crippen LogP contribution in [0, 0.1) is 6.92 Å². The minimum Gasteiger partial charge on any atom is -0.406 e. The molecule has 0 aliphatic carbocycles. The molecule has 1 saturated heterocycles. The number of hydrazone groups is 1. The van der Waals surface area contributed by atoms with Crippen molar-refractivity contribution in [3.63, 3.8) is 0 Å². The molecule has 5 rings (SSSR count). The molecule has 226 valence electrons. The summed E-state index contributed by atoms with van der Waals surface area (Å²) in [6.07, 6.45) is -1.70. The van der Waals surface area contributed by atoms with E-state index in [1.54, 1.807) is 11.1 Å². The van der Waals surface area contributed by atoms with Crippen LogP contribution in [0.4, 0.5) is 18.9 Å². The SMILES string of the molecule is C=C(N=C1SCC(=O)N1c1ccc(C)cc1C(C)C)N/N=C/c1cccc(-c2ncn(-c3ccc(OC(F)(F)F)cc3)n2)c1. The molecule has 0 bridgehead atoms. The van der Waals surface area contributed by atoms with Crippen molar-refractivity contribution in [2.75, 3.05) is 10.7 Å². The number of carbonyl (C=O) groups is 1. The summed E-state index contributed by atoms with van der Waals surface area (Å²) in [4.78, 5) is 23.3. The number of nitrogens with zero attached hydrogens (tertiary/aromatic N) is 6. The lowest BCUT2D eigenvalue weighted by Crippen LogP contribution is -2.30. The third-order valence-corrected chi connectivity index (χ3v) is 7.34. The van der Waals surface area contributed by atoms with E-state index < -0.39 is 6.36 Å². The molecule has 44 heavy (non-hydrogen) atoms. The highest BCUT2D eigenvalue weighted by Gasteiger charge is 2.32. The van der Waals surface area contributed by atoms with E-state index in [2.05, 4.69) is 56.8 Å². The monoisotopic (exact) mass is 619 g/mol. The van der Waals surface area contributed by atoms with Crippen molar-refractivity contribution in [3.05, 3.63) is 102 Å². The largest absolute Gasteiger partial charge is 0.573 e. The number of halogens is 3. The molecule has 1 amide bonds. The van der Waals surface area contributed by atoms with Crippen LogP contribution in [0.15, 0.2) is 95.6 Å². The predicted octanol–water partition coefficient (Wildman–Crippen LogP) is 6.80. The number of benzene rings is 3. The summed E-state index contributed by atoms with van der Waals surface area (Å²) >= 11 is 1.35. The lowest BCUT2D eigenvalue weighted by atomic mass is 9.98. The van der Waals surface area contributed by atoms with E-state index in [0.29, 0.717) is 22.2 Å². The number of hydrogen-bond donors (Lipinski definition) is 1. The number of hydrogen-bond acceptors (Lipinski definition) is 8. The molecular weight excluding hydrogens is 591 g/mol. The van der Waals surface area contributed by atoms with E-state index in [1.165, 1.54) is 47.0 Å². The standard InChI is InChI=1S/C31H28F3N7O2S/c1-19(2)26-14-20(3)8-13-27(26)41-28(42)17-44-30(41)37-21(4)38-36-16-22-6-5-7-23(15-22)29-35-18-40(39-29)24-9-11-25(12-10-24)43-31(32,33)34/h5-16,18-19,38H,4,17H2,1-3H3/b36-16+,37-30?. The third kappa shape index (κ3) is 7.35. The van der Waals surface area contributed by atoms with Gasteiger partial charge in [0.25, 0.3) is 0 Å². The van der Waals surface area contributed by atoms with Gasteiger partial charge >= 0.3 is 6.36 Å². The maximum Gasteiger partial charge on any atom is 0.573 e. The number of rotatable bonds is 9. The molecule has 0 unspecified atom stereocenters. The Morgan fingerprint density at radius 2 is 1.91 bits per heavy atom. The second-order valence-corrected chi connectivity index (χ2v) is 11.1. The van der Waals surface area contributed by atoms with Crippen LogP contribution in [-0.4, -0.2) is 44.2 Å². The smallest absolute Gasteiger partial charge is 0.406 e. The van der Waals surface area contributed by atoms with Gasteiger partial charge in [0, 0.05) is 5.56 Å². The second kappa shape index (κ2) is 12.8. The Balaban J connectivity index is 1.25. The van der Waals surface area contributed by atoms with Crippen LogP contribution < -0.4 is 15.1 Å². The molecule has 4 aromatic rings. The van der Waals surface area contributed by atoms with Gasteiger partial charge in [-0.15, -0.1) is 18.3 Å². The summed E-state index contributed by atoms with van der Waals surface area (Å²) in [6.45, 7) is 10.1. The van der Waals surface area contributed by atoms with Crippen molar-refractivity contribution in [3.8, 4) is 22.8 Å². The maximum absolute atomic E-state index is 12.8. The van der Waals surface area contributed by atoms with E-state index in [0.717, 1.165) is 22.4 Å². The number of amides is 1. The van der Waals surface area contributed by atoms with Gasteiger partial charge in [0.15, 0.2) is 11.0 Å². The maximum atomic E-state index is 12.8. The molecule has 1 aliphatic rings. The Morgan fingerprint density at radius 3 is 2.64 bits per heavy atom. The first-order valence-electron chi connectivity index (χ1n) is 13.5. The lowest BCUT2D eigenvalue weighted by molar-refractivity contribution is -0.274. The van der Waals surface area contributed by atoms with E-state index in [9.17, 15) is 18.0 Å². The van der Waals surface area contributed by atoms with Gasteiger partial charge in [-0.25, -0.2) is 14.7 Å². The molecule has 1 fully saturated rings. The fraction of sp³-hybridized carbons (Fsp3) is 0.194. The van der Waals surface area contributed by atoms with E-state index in [4.69, 9.17) is 0 Å². The predicted molar refractivity (Wildman–Crippen MR) is 166 cm³/mol. The van der Waals surface area contributed by atoms with Crippen molar-refractivity contribution >= 4 is 34.7 Å². The fourth-order valence-corrected chi connectivity index (χ4v) is 5.31. The van der Waals surface area contributed by atoms with Gasteiger partial charge in [-0.1, -0.05) is 68.1 Å². The number of alkyl halides is 3. The molecule has 3 aromatic carbocycles. The number of aryl methyl sites for hydroxylation is 1. The molecule has 9 nitrogen and oxygen atoms in total. The van der Waals surface area contributed by atoms with Gasteiger partial charge in [0.1, 0.15) is 17.9 Å². The molecule has 0 saturated carbocycles. The van der Waals surface area contributed by atoms with E-state index in [1.807, 2.05) is 43.3 Å². The minimum absolute atomic E-state index is 0.0452. The van der Waals surface area contributed by atoms with Gasteiger partial charge < -0.3 is 4.74 Å². The van der Waals surface area contributed by atoms with Crippen LogP contribution in [0.2, 0.25) is 0 Å². The van der Waals surface area contributed by atoms with E-state index >= 15 is 0 Å². The summed E-state index contributed by atoms with van der Waals surface area (Å²) in [5.41, 5.74) is 7.79. The average Bonchev–Trinajstić information content (AvgIpc) is 3.60. The van der Waals surface area contributed by atoms with Crippen molar-refractivity contribution in [2.24, 2.45) is 10.1 Å². The highest BCUT2D eigenvalue weighted by atomic mass is 32.2. The zero-order valence-corrected chi connectivity index (χ0v) is 24.9. The summed E-state index contributed by atoms with van der Waals surface area (Å²) in [7, 11) is 0. The number of carbonyl (C=O) groups excluding carboxylic acids is 1. The molecule has 1 aliphatic heterocycles. The summed E-state index contributed by atoms with van der Waals surface area (Å²) in [5.74, 6) is 0.828. The Bertz CT molecular complexity index is 1750. The average molecular weight is 620 g/mol. The minimum atomic E-state index is -4.76. The van der Waals surface area contributed by atoms with Crippen molar-refractivity contribution in [1.29, 1.82) is 0 Å². The summed E-state index contributed by atoms with van der Waals surface area (Å²) < 4.78 is 42.7. The number of ether oxygens (including phenoxy) is 1. The van der Waals surface area contributed by atoms with Crippen molar-refractivity contribution in [1.82, 2.24) is 20.2 Å². The van der Waals surface area contributed by atoms with Crippen LogP contribution in [-0.2, 0) is 4.79 Å². The number of anilines is 1. The van der Waals surface area contributed by atoms with E-state index in [-0.39, 0.29) is 29.1 Å². The van der Waals surface area contributed by atoms with Crippen LogP contribution >= 0.6 is 11.8 Å².